The number of aromatic nitrogens is 2. The van der Waals surface area contributed by atoms with E-state index in [1.165, 1.54) is 23.4 Å². The molecule has 0 spiro atoms. The Morgan fingerprint density at radius 1 is 1.25 bits per heavy atom. The summed E-state index contributed by atoms with van der Waals surface area (Å²) in [5.41, 5.74) is 4.36. The minimum absolute atomic E-state index is 0.420. The minimum Gasteiger partial charge on any atom is -0.324 e. The highest BCUT2D eigenvalue weighted by molar-refractivity contribution is 5.58. The fourth-order valence-electron chi connectivity index (χ4n) is 3.34. The molecular formula is C17H21N3. The van der Waals surface area contributed by atoms with Gasteiger partial charge in [-0.15, -0.1) is 0 Å². The van der Waals surface area contributed by atoms with Gasteiger partial charge in [0, 0.05) is 36.8 Å². The van der Waals surface area contributed by atoms with Crippen molar-refractivity contribution in [3.63, 3.8) is 0 Å². The lowest BCUT2D eigenvalue weighted by Gasteiger charge is -2.17. The van der Waals surface area contributed by atoms with Crippen LogP contribution >= 0.6 is 0 Å². The van der Waals surface area contributed by atoms with E-state index < -0.39 is 0 Å². The molecule has 3 nitrogen and oxygen atoms in total. The summed E-state index contributed by atoms with van der Waals surface area (Å²) < 4.78 is 2.53. The van der Waals surface area contributed by atoms with Crippen molar-refractivity contribution in [2.24, 2.45) is 5.41 Å². The van der Waals surface area contributed by atoms with Crippen molar-refractivity contribution < 1.29 is 0 Å². The van der Waals surface area contributed by atoms with Crippen molar-refractivity contribution >= 4 is 0 Å². The second kappa shape index (κ2) is 4.19. The van der Waals surface area contributed by atoms with Crippen LogP contribution < -0.4 is 5.32 Å². The maximum Gasteiger partial charge on any atom is 0.140 e. The third-order valence-corrected chi connectivity index (χ3v) is 4.73. The van der Waals surface area contributed by atoms with Gasteiger partial charge < -0.3 is 9.88 Å². The van der Waals surface area contributed by atoms with Gasteiger partial charge in [-0.05, 0) is 11.8 Å². The van der Waals surface area contributed by atoms with Gasteiger partial charge in [0.05, 0.1) is 5.69 Å². The lowest BCUT2D eigenvalue weighted by atomic mass is 10.1. The number of benzene rings is 1. The van der Waals surface area contributed by atoms with E-state index in [2.05, 4.69) is 54.1 Å². The Labute approximate surface area is 120 Å². The van der Waals surface area contributed by atoms with Gasteiger partial charge in [0.2, 0.25) is 0 Å². The van der Waals surface area contributed by atoms with Crippen LogP contribution in [0.25, 0.3) is 11.4 Å². The summed E-state index contributed by atoms with van der Waals surface area (Å²) >= 11 is 0. The molecule has 1 aliphatic heterocycles. The first-order valence-electron chi connectivity index (χ1n) is 7.53. The van der Waals surface area contributed by atoms with E-state index in [0.717, 1.165) is 25.3 Å². The van der Waals surface area contributed by atoms with Crippen LogP contribution in [-0.4, -0.2) is 16.1 Å². The van der Waals surface area contributed by atoms with E-state index in [9.17, 15) is 0 Å². The first-order chi connectivity index (χ1) is 9.67. The predicted molar refractivity (Wildman–Crippen MR) is 80.5 cm³/mol. The molecule has 2 heterocycles. The number of hydrogen-bond donors (Lipinski definition) is 1. The Balaban J connectivity index is 1.88. The summed E-state index contributed by atoms with van der Waals surface area (Å²) in [5.74, 6) is 1.16. The summed E-state index contributed by atoms with van der Waals surface area (Å²) in [6.45, 7) is 6.70. The molecule has 1 aromatic heterocycles. The Hall–Kier alpha value is -1.61. The van der Waals surface area contributed by atoms with Crippen LogP contribution in [0.3, 0.4) is 0 Å². The van der Waals surface area contributed by atoms with E-state index in [0.29, 0.717) is 11.5 Å². The molecule has 3 heteroatoms. The molecule has 20 heavy (non-hydrogen) atoms. The molecule has 0 radical (unpaired) electrons. The number of nitrogens with zero attached hydrogens (tertiary/aromatic N) is 2. The third kappa shape index (κ3) is 1.80. The van der Waals surface area contributed by atoms with Crippen molar-refractivity contribution in [3.8, 4) is 11.4 Å². The molecule has 2 aliphatic rings. The number of fused-ring (bicyclic) bond motifs is 1. The SMILES string of the molecule is CC1(C)CC1n1c(-c2ccccc2)nc2c1CCNC2. The molecule has 0 saturated heterocycles. The second-order valence-corrected chi connectivity index (χ2v) is 6.70. The minimum atomic E-state index is 0.420. The molecule has 1 aromatic carbocycles. The van der Waals surface area contributed by atoms with E-state index in [1.807, 2.05) is 0 Å². The molecule has 1 saturated carbocycles. The standard InChI is InChI=1S/C17H21N3/c1-17(2)10-15(17)20-14-8-9-18-11-13(14)19-16(20)12-6-4-3-5-7-12/h3-7,15,18H,8-11H2,1-2H3. The van der Waals surface area contributed by atoms with Crippen molar-refractivity contribution in [1.82, 2.24) is 14.9 Å². The molecule has 2 aromatic rings. The normalized spacial score (nSPS) is 23.4. The van der Waals surface area contributed by atoms with Crippen molar-refractivity contribution in [1.29, 1.82) is 0 Å². The molecule has 0 bridgehead atoms. The highest BCUT2D eigenvalue weighted by Crippen LogP contribution is 2.57. The van der Waals surface area contributed by atoms with E-state index in [-0.39, 0.29) is 0 Å². The van der Waals surface area contributed by atoms with Gasteiger partial charge in [-0.2, -0.15) is 0 Å². The molecule has 1 N–H and O–H groups in total. The maximum atomic E-state index is 4.95. The van der Waals surface area contributed by atoms with Crippen LogP contribution in [0.1, 0.15) is 37.7 Å². The van der Waals surface area contributed by atoms with Crippen molar-refractivity contribution in [3.05, 3.63) is 41.7 Å². The summed E-state index contributed by atoms with van der Waals surface area (Å²) in [6, 6.07) is 11.2. The maximum absolute atomic E-state index is 4.95. The molecule has 1 fully saturated rings. The molecule has 1 unspecified atom stereocenters. The van der Waals surface area contributed by atoms with Gasteiger partial charge in [-0.3, -0.25) is 0 Å². The smallest absolute Gasteiger partial charge is 0.140 e. The Morgan fingerprint density at radius 3 is 2.70 bits per heavy atom. The van der Waals surface area contributed by atoms with Crippen molar-refractivity contribution in [2.45, 2.75) is 39.3 Å². The Kier molecular flexibility index (Phi) is 2.55. The molecule has 1 aliphatic carbocycles. The Morgan fingerprint density at radius 2 is 2.00 bits per heavy atom. The molecule has 4 rings (SSSR count). The number of imidazole rings is 1. The lowest BCUT2D eigenvalue weighted by molar-refractivity contribution is 0.519. The van der Waals surface area contributed by atoms with Crippen LogP contribution in [0.4, 0.5) is 0 Å². The van der Waals surface area contributed by atoms with Crippen LogP contribution in [0.2, 0.25) is 0 Å². The van der Waals surface area contributed by atoms with Crippen LogP contribution in [0.15, 0.2) is 30.3 Å². The average molecular weight is 267 g/mol. The highest BCUT2D eigenvalue weighted by Gasteiger charge is 2.49. The van der Waals surface area contributed by atoms with Gasteiger partial charge in [0.25, 0.3) is 0 Å². The lowest BCUT2D eigenvalue weighted by Crippen LogP contribution is -2.25. The fraction of sp³-hybridized carbons (Fsp3) is 0.471. The van der Waals surface area contributed by atoms with Gasteiger partial charge in [0.1, 0.15) is 5.82 Å². The first kappa shape index (κ1) is 12.2. The topological polar surface area (TPSA) is 29.9 Å². The van der Waals surface area contributed by atoms with Gasteiger partial charge in [-0.1, -0.05) is 44.2 Å². The van der Waals surface area contributed by atoms with Gasteiger partial charge in [0.15, 0.2) is 0 Å². The van der Waals surface area contributed by atoms with E-state index in [4.69, 9.17) is 4.98 Å². The quantitative estimate of drug-likeness (QED) is 0.905. The largest absolute Gasteiger partial charge is 0.324 e. The summed E-state index contributed by atoms with van der Waals surface area (Å²) in [5, 5.41) is 3.44. The summed E-state index contributed by atoms with van der Waals surface area (Å²) in [6.07, 6.45) is 2.37. The van der Waals surface area contributed by atoms with E-state index in [1.54, 1.807) is 0 Å². The predicted octanol–water partition coefficient (Wildman–Crippen LogP) is 3.17. The summed E-state index contributed by atoms with van der Waals surface area (Å²) in [7, 11) is 0. The zero-order valence-corrected chi connectivity index (χ0v) is 12.2. The van der Waals surface area contributed by atoms with Crippen LogP contribution in [0, 0.1) is 5.41 Å². The fourth-order valence-corrected chi connectivity index (χ4v) is 3.34. The zero-order chi connectivity index (χ0) is 13.7. The van der Waals surface area contributed by atoms with Crippen molar-refractivity contribution in [2.75, 3.05) is 6.54 Å². The monoisotopic (exact) mass is 267 g/mol. The number of hydrogen-bond acceptors (Lipinski definition) is 2. The third-order valence-electron chi connectivity index (χ3n) is 4.73. The molecular weight excluding hydrogens is 246 g/mol. The van der Waals surface area contributed by atoms with Crippen LogP contribution in [-0.2, 0) is 13.0 Å². The zero-order valence-electron chi connectivity index (χ0n) is 12.2. The van der Waals surface area contributed by atoms with Gasteiger partial charge >= 0.3 is 0 Å². The molecule has 1 atom stereocenters. The molecule has 104 valence electrons. The number of nitrogens with one attached hydrogen (secondary N) is 1. The van der Waals surface area contributed by atoms with E-state index >= 15 is 0 Å². The first-order valence-corrected chi connectivity index (χ1v) is 7.53. The number of rotatable bonds is 2. The Bertz CT molecular complexity index is 640. The van der Waals surface area contributed by atoms with Gasteiger partial charge in [-0.25, -0.2) is 4.98 Å². The highest BCUT2D eigenvalue weighted by atomic mass is 15.2. The molecule has 0 amide bonds. The van der Waals surface area contributed by atoms with Crippen LogP contribution in [0.5, 0.6) is 0 Å². The average Bonchev–Trinajstić information content (AvgIpc) is 2.94. The second-order valence-electron chi connectivity index (χ2n) is 6.70. The summed E-state index contributed by atoms with van der Waals surface area (Å²) in [4.78, 5) is 4.95.